The van der Waals surface area contributed by atoms with Crippen LogP contribution in [0, 0.1) is 0 Å². The lowest BCUT2D eigenvalue weighted by atomic mass is 9.82. The molecule has 29 heavy (non-hydrogen) atoms. The fourth-order valence-electron chi connectivity index (χ4n) is 5.94. The van der Waals surface area contributed by atoms with Crippen molar-refractivity contribution in [1.82, 2.24) is 14.8 Å². The number of rotatable bonds is 3. The Morgan fingerprint density at radius 2 is 1.83 bits per heavy atom. The van der Waals surface area contributed by atoms with Crippen LogP contribution in [-0.2, 0) is 11.3 Å². The standard InChI is InChI=1S/C24H31N3O2/c28-20-10-8-19(9-11-20)27-16-4-13-24(23(27)29)12-3-15-26(24)17-18-5-1-7-22-21(18)6-2-14-25-22/h1-2,5-7,14,19-20,28H,3-4,8-13,15-17H2. The van der Waals surface area contributed by atoms with Crippen molar-refractivity contribution in [3.8, 4) is 0 Å². The van der Waals surface area contributed by atoms with E-state index in [-0.39, 0.29) is 11.6 Å². The van der Waals surface area contributed by atoms with Crippen molar-refractivity contribution in [3.05, 3.63) is 42.1 Å². The van der Waals surface area contributed by atoms with Gasteiger partial charge < -0.3 is 10.0 Å². The molecule has 2 aliphatic heterocycles. The van der Waals surface area contributed by atoms with Gasteiger partial charge in [-0.1, -0.05) is 18.2 Å². The smallest absolute Gasteiger partial charge is 0.243 e. The molecule has 1 spiro atoms. The van der Waals surface area contributed by atoms with Crippen LogP contribution in [0.4, 0.5) is 0 Å². The predicted molar refractivity (Wildman–Crippen MR) is 113 cm³/mol. The molecule has 2 saturated heterocycles. The molecule has 0 bridgehead atoms. The fraction of sp³-hybridized carbons (Fsp3) is 0.583. The number of piperidine rings is 1. The zero-order valence-corrected chi connectivity index (χ0v) is 17.1. The quantitative estimate of drug-likeness (QED) is 0.867. The van der Waals surface area contributed by atoms with E-state index in [0.717, 1.165) is 76.5 Å². The van der Waals surface area contributed by atoms with Crippen molar-refractivity contribution in [2.45, 2.75) is 75.6 Å². The number of aliphatic hydroxyl groups is 1. The van der Waals surface area contributed by atoms with Crippen LogP contribution in [0.3, 0.4) is 0 Å². The highest BCUT2D eigenvalue weighted by molar-refractivity contribution is 5.88. The van der Waals surface area contributed by atoms with E-state index >= 15 is 0 Å². The molecule has 1 N–H and O–H groups in total. The Kier molecular flexibility index (Phi) is 5.04. The van der Waals surface area contributed by atoms with Gasteiger partial charge >= 0.3 is 0 Å². The van der Waals surface area contributed by atoms with E-state index in [0.29, 0.717) is 11.9 Å². The first-order valence-electron chi connectivity index (χ1n) is 11.2. The van der Waals surface area contributed by atoms with E-state index in [1.807, 2.05) is 12.3 Å². The molecule has 5 nitrogen and oxygen atoms in total. The number of hydrogen-bond acceptors (Lipinski definition) is 4. The number of benzene rings is 1. The van der Waals surface area contributed by atoms with Crippen LogP contribution < -0.4 is 0 Å². The second-order valence-electron chi connectivity index (χ2n) is 9.11. The first-order valence-corrected chi connectivity index (χ1v) is 11.2. The third-order valence-electron chi connectivity index (χ3n) is 7.48. The number of hydrogen-bond donors (Lipinski definition) is 1. The summed E-state index contributed by atoms with van der Waals surface area (Å²) in [6.45, 7) is 2.68. The molecule has 3 fully saturated rings. The molecule has 1 atom stereocenters. The SMILES string of the molecule is O=C1N(C2CCC(O)CC2)CCCC12CCCN2Cc1cccc2ncccc12. The van der Waals surface area contributed by atoms with Gasteiger partial charge in [0.15, 0.2) is 0 Å². The molecule has 3 heterocycles. The van der Waals surface area contributed by atoms with Gasteiger partial charge in [0.05, 0.1) is 11.6 Å². The monoisotopic (exact) mass is 393 g/mol. The van der Waals surface area contributed by atoms with Crippen molar-refractivity contribution >= 4 is 16.8 Å². The normalized spacial score (nSPS) is 31.1. The second-order valence-corrected chi connectivity index (χ2v) is 9.11. The molecule has 154 valence electrons. The molecule has 1 unspecified atom stereocenters. The van der Waals surface area contributed by atoms with Crippen LogP contribution >= 0.6 is 0 Å². The minimum atomic E-state index is -0.335. The van der Waals surface area contributed by atoms with Gasteiger partial charge in [0.2, 0.25) is 5.91 Å². The van der Waals surface area contributed by atoms with Crippen LogP contribution in [0.25, 0.3) is 10.9 Å². The maximum Gasteiger partial charge on any atom is 0.243 e. The Labute approximate surface area is 172 Å². The van der Waals surface area contributed by atoms with Crippen molar-refractivity contribution in [3.63, 3.8) is 0 Å². The van der Waals surface area contributed by atoms with Crippen LogP contribution in [0.5, 0.6) is 0 Å². The molecule has 5 rings (SSSR count). The molecule has 1 aromatic carbocycles. The highest BCUT2D eigenvalue weighted by atomic mass is 16.3. The van der Waals surface area contributed by atoms with Crippen LogP contribution in [-0.4, -0.2) is 56.6 Å². The molecule has 3 aliphatic rings. The number of likely N-dealkylation sites (tertiary alicyclic amines) is 2. The lowest BCUT2D eigenvalue weighted by molar-refractivity contribution is -0.152. The van der Waals surface area contributed by atoms with Crippen LogP contribution in [0.1, 0.15) is 56.9 Å². The Bertz CT molecular complexity index is 887. The Morgan fingerprint density at radius 1 is 1.03 bits per heavy atom. The van der Waals surface area contributed by atoms with Gasteiger partial charge in [-0.2, -0.15) is 0 Å². The van der Waals surface area contributed by atoms with Gasteiger partial charge in [0.25, 0.3) is 0 Å². The summed E-state index contributed by atoms with van der Waals surface area (Å²) in [4.78, 5) is 22.9. The third-order valence-corrected chi connectivity index (χ3v) is 7.48. The average Bonchev–Trinajstić information content (AvgIpc) is 3.14. The molecule has 0 radical (unpaired) electrons. The summed E-state index contributed by atoms with van der Waals surface area (Å²) in [5, 5.41) is 11.1. The van der Waals surface area contributed by atoms with Crippen molar-refractivity contribution in [2.75, 3.05) is 13.1 Å². The van der Waals surface area contributed by atoms with E-state index < -0.39 is 0 Å². The minimum Gasteiger partial charge on any atom is -0.393 e. The molecule has 1 saturated carbocycles. The Hall–Kier alpha value is -1.98. The van der Waals surface area contributed by atoms with Crippen LogP contribution in [0.15, 0.2) is 36.5 Å². The summed E-state index contributed by atoms with van der Waals surface area (Å²) in [5.41, 5.74) is 1.96. The molecule has 5 heteroatoms. The largest absolute Gasteiger partial charge is 0.393 e. The predicted octanol–water partition coefficient (Wildman–Crippen LogP) is 3.50. The third kappa shape index (κ3) is 3.34. The molecule has 1 aliphatic carbocycles. The molecule has 1 aromatic heterocycles. The van der Waals surface area contributed by atoms with E-state index in [4.69, 9.17) is 0 Å². The highest BCUT2D eigenvalue weighted by Crippen LogP contribution is 2.41. The average molecular weight is 394 g/mol. The number of pyridine rings is 1. The summed E-state index contributed by atoms with van der Waals surface area (Å²) in [6.07, 6.45) is 9.32. The van der Waals surface area contributed by atoms with Crippen molar-refractivity contribution < 1.29 is 9.90 Å². The molecular weight excluding hydrogens is 362 g/mol. The van der Waals surface area contributed by atoms with E-state index in [1.54, 1.807) is 0 Å². The van der Waals surface area contributed by atoms with E-state index in [2.05, 4.69) is 39.0 Å². The topological polar surface area (TPSA) is 56.7 Å². The number of aliphatic hydroxyl groups excluding tert-OH is 1. The number of aromatic nitrogens is 1. The first kappa shape index (κ1) is 19.0. The van der Waals surface area contributed by atoms with E-state index in [1.165, 1.54) is 10.9 Å². The number of carbonyl (C=O) groups is 1. The van der Waals surface area contributed by atoms with Crippen molar-refractivity contribution in [2.24, 2.45) is 0 Å². The summed E-state index contributed by atoms with van der Waals surface area (Å²) in [5.74, 6) is 0.348. The molecule has 1 amide bonds. The summed E-state index contributed by atoms with van der Waals surface area (Å²) in [6, 6.07) is 10.8. The van der Waals surface area contributed by atoms with Gasteiger partial charge in [0, 0.05) is 30.7 Å². The van der Waals surface area contributed by atoms with Gasteiger partial charge in [0.1, 0.15) is 5.54 Å². The zero-order chi connectivity index (χ0) is 19.8. The summed E-state index contributed by atoms with van der Waals surface area (Å²) < 4.78 is 0. The highest BCUT2D eigenvalue weighted by Gasteiger charge is 2.51. The number of fused-ring (bicyclic) bond motifs is 1. The van der Waals surface area contributed by atoms with E-state index in [9.17, 15) is 9.90 Å². The first-order chi connectivity index (χ1) is 14.2. The summed E-state index contributed by atoms with van der Waals surface area (Å²) in [7, 11) is 0. The minimum absolute atomic E-state index is 0.178. The maximum absolute atomic E-state index is 13.8. The number of nitrogens with zero attached hydrogens (tertiary/aromatic N) is 3. The van der Waals surface area contributed by atoms with Gasteiger partial charge in [-0.15, -0.1) is 0 Å². The van der Waals surface area contributed by atoms with Crippen molar-refractivity contribution in [1.29, 1.82) is 0 Å². The lowest BCUT2D eigenvalue weighted by Crippen LogP contribution is -2.62. The Morgan fingerprint density at radius 3 is 2.66 bits per heavy atom. The zero-order valence-electron chi connectivity index (χ0n) is 17.1. The Balaban J connectivity index is 1.40. The molecular formula is C24H31N3O2. The fourth-order valence-corrected chi connectivity index (χ4v) is 5.94. The van der Waals surface area contributed by atoms with Gasteiger partial charge in [-0.3, -0.25) is 14.7 Å². The second kappa shape index (κ2) is 7.69. The number of amides is 1. The maximum atomic E-state index is 13.8. The number of carbonyl (C=O) groups excluding carboxylic acids is 1. The lowest BCUT2D eigenvalue weighted by Gasteiger charge is -2.48. The van der Waals surface area contributed by atoms with Crippen LogP contribution in [0.2, 0.25) is 0 Å². The van der Waals surface area contributed by atoms with Gasteiger partial charge in [-0.25, -0.2) is 0 Å². The van der Waals surface area contributed by atoms with Gasteiger partial charge in [-0.05, 0) is 75.6 Å². The summed E-state index contributed by atoms with van der Waals surface area (Å²) >= 11 is 0. The molecule has 2 aromatic rings.